The summed E-state index contributed by atoms with van der Waals surface area (Å²) in [5, 5.41) is 4.21. The summed E-state index contributed by atoms with van der Waals surface area (Å²) >= 11 is 0. The first-order chi connectivity index (χ1) is 11.8. The van der Waals surface area contributed by atoms with Gasteiger partial charge in [0.1, 0.15) is 4.90 Å². The number of hydrogen-bond donors (Lipinski definition) is 0. The van der Waals surface area contributed by atoms with Crippen LogP contribution in [-0.4, -0.2) is 54.7 Å². The van der Waals surface area contributed by atoms with Gasteiger partial charge in [-0.3, -0.25) is 4.79 Å². The van der Waals surface area contributed by atoms with Crippen molar-refractivity contribution >= 4 is 15.9 Å². The Morgan fingerprint density at radius 2 is 1.84 bits per heavy atom. The van der Waals surface area contributed by atoms with E-state index in [2.05, 4.69) is 5.10 Å². The highest BCUT2D eigenvalue weighted by atomic mass is 32.2. The molecule has 1 aliphatic heterocycles. The molecule has 1 fully saturated rings. The second kappa shape index (κ2) is 6.70. The van der Waals surface area contributed by atoms with Crippen molar-refractivity contribution < 1.29 is 17.9 Å². The number of hydrogen-bond acceptors (Lipinski definition) is 5. The molecule has 1 aliphatic rings. The molecular weight excluding hydrogens is 342 g/mol. The lowest BCUT2D eigenvalue weighted by atomic mass is 10.1. The fourth-order valence-corrected chi connectivity index (χ4v) is 4.78. The Hall–Kier alpha value is -2.03. The Morgan fingerprint density at radius 1 is 1.16 bits per heavy atom. The number of ether oxygens (including phenoxy) is 1. The number of carbonyl (C=O) groups is 1. The Morgan fingerprint density at radius 3 is 2.48 bits per heavy atom. The quantitative estimate of drug-likeness (QED) is 0.826. The van der Waals surface area contributed by atoms with E-state index < -0.39 is 10.0 Å². The lowest BCUT2D eigenvalue weighted by molar-refractivity contribution is 0.0730. The van der Waals surface area contributed by atoms with Gasteiger partial charge in [-0.1, -0.05) is 17.7 Å². The average molecular weight is 363 g/mol. The van der Waals surface area contributed by atoms with Crippen LogP contribution < -0.4 is 0 Å². The van der Waals surface area contributed by atoms with Crippen LogP contribution in [0.5, 0.6) is 0 Å². The van der Waals surface area contributed by atoms with Gasteiger partial charge in [0.15, 0.2) is 0 Å². The molecule has 2 aromatic rings. The monoisotopic (exact) mass is 363 g/mol. The number of sulfonamides is 1. The van der Waals surface area contributed by atoms with E-state index in [1.54, 1.807) is 32.0 Å². The molecule has 1 saturated heterocycles. The van der Waals surface area contributed by atoms with E-state index in [1.165, 1.54) is 8.99 Å². The van der Waals surface area contributed by atoms with Gasteiger partial charge in [0, 0.05) is 18.7 Å². The molecule has 1 aromatic heterocycles. The number of carbonyl (C=O) groups excluding carboxylic acids is 1. The van der Waals surface area contributed by atoms with Crippen molar-refractivity contribution in [2.75, 3.05) is 26.3 Å². The Kier molecular flexibility index (Phi) is 4.77. The van der Waals surface area contributed by atoms with Crippen molar-refractivity contribution in [3.05, 3.63) is 46.8 Å². The van der Waals surface area contributed by atoms with Crippen molar-refractivity contribution in [3.63, 3.8) is 0 Å². The molecule has 3 rings (SSSR count). The zero-order valence-corrected chi connectivity index (χ0v) is 15.3. The lowest BCUT2D eigenvalue weighted by Crippen LogP contribution is -2.41. The first kappa shape index (κ1) is 17.8. The second-order valence-corrected chi connectivity index (χ2v) is 7.98. The van der Waals surface area contributed by atoms with Crippen LogP contribution in [0.25, 0.3) is 0 Å². The normalized spacial score (nSPS) is 16.1. The third kappa shape index (κ3) is 3.24. The average Bonchev–Trinajstić information content (AvgIpc) is 2.90. The predicted molar refractivity (Wildman–Crippen MR) is 92.2 cm³/mol. The van der Waals surface area contributed by atoms with Gasteiger partial charge in [-0.2, -0.15) is 14.1 Å². The molecule has 0 bridgehead atoms. The number of rotatable bonds is 3. The SMILES string of the molecule is Cc1cccc(C(=O)n2nc(C)c(S(=O)(=O)N3CCOCC3)c2C)c1. The van der Waals surface area contributed by atoms with E-state index in [1.807, 2.05) is 13.0 Å². The Balaban J connectivity index is 2.02. The van der Waals surface area contributed by atoms with Crippen molar-refractivity contribution in [2.24, 2.45) is 0 Å². The van der Waals surface area contributed by atoms with Crippen LogP contribution in [0.3, 0.4) is 0 Å². The van der Waals surface area contributed by atoms with E-state index in [0.717, 1.165) is 5.56 Å². The summed E-state index contributed by atoms with van der Waals surface area (Å²) in [4.78, 5) is 12.9. The van der Waals surface area contributed by atoms with Gasteiger partial charge in [0.05, 0.1) is 24.6 Å². The highest BCUT2D eigenvalue weighted by Crippen LogP contribution is 2.25. The smallest absolute Gasteiger partial charge is 0.278 e. The van der Waals surface area contributed by atoms with Crippen LogP contribution in [0.15, 0.2) is 29.2 Å². The first-order valence-electron chi connectivity index (χ1n) is 8.08. The number of aromatic nitrogens is 2. The molecule has 0 spiro atoms. The van der Waals surface area contributed by atoms with Crippen LogP contribution in [0.1, 0.15) is 27.3 Å². The topological polar surface area (TPSA) is 81.5 Å². The van der Waals surface area contributed by atoms with E-state index in [-0.39, 0.29) is 10.8 Å². The Bertz CT molecular complexity index is 912. The maximum absolute atomic E-state index is 13.0. The van der Waals surface area contributed by atoms with Gasteiger partial charge in [-0.15, -0.1) is 0 Å². The zero-order valence-electron chi connectivity index (χ0n) is 14.5. The molecule has 1 aromatic carbocycles. The number of morpholine rings is 1. The van der Waals surface area contributed by atoms with Crippen molar-refractivity contribution in [2.45, 2.75) is 25.7 Å². The van der Waals surface area contributed by atoms with Gasteiger partial charge >= 0.3 is 0 Å². The summed E-state index contributed by atoms with van der Waals surface area (Å²) in [5.41, 5.74) is 2.08. The summed E-state index contributed by atoms with van der Waals surface area (Å²) in [5.74, 6) is -0.340. The molecule has 0 radical (unpaired) electrons. The molecule has 25 heavy (non-hydrogen) atoms. The van der Waals surface area contributed by atoms with Crippen molar-refractivity contribution in [1.29, 1.82) is 0 Å². The molecule has 134 valence electrons. The van der Waals surface area contributed by atoms with Gasteiger partial charge in [0.2, 0.25) is 10.0 Å². The van der Waals surface area contributed by atoms with Gasteiger partial charge in [-0.05, 0) is 32.9 Å². The third-order valence-electron chi connectivity index (χ3n) is 4.25. The summed E-state index contributed by atoms with van der Waals surface area (Å²) in [7, 11) is -3.71. The second-order valence-electron chi connectivity index (χ2n) is 6.10. The zero-order chi connectivity index (χ0) is 18.2. The van der Waals surface area contributed by atoms with Crippen LogP contribution in [0.4, 0.5) is 0 Å². The first-order valence-corrected chi connectivity index (χ1v) is 9.52. The van der Waals surface area contributed by atoms with Crippen LogP contribution >= 0.6 is 0 Å². The summed E-state index contributed by atoms with van der Waals surface area (Å²) < 4.78 is 33.7. The number of nitrogens with zero attached hydrogens (tertiary/aromatic N) is 3. The molecule has 0 atom stereocenters. The fraction of sp³-hybridized carbons (Fsp3) is 0.412. The third-order valence-corrected chi connectivity index (χ3v) is 6.40. The van der Waals surface area contributed by atoms with Crippen LogP contribution in [0.2, 0.25) is 0 Å². The molecule has 0 unspecified atom stereocenters. The number of aryl methyl sites for hydroxylation is 2. The maximum atomic E-state index is 13.0. The highest BCUT2D eigenvalue weighted by molar-refractivity contribution is 7.89. The molecule has 2 heterocycles. The van der Waals surface area contributed by atoms with E-state index in [0.29, 0.717) is 43.3 Å². The largest absolute Gasteiger partial charge is 0.379 e. The standard InChI is InChI=1S/C17H21N3O4S/c1-12-5-4-6-15(11-12)17(21)20-14(3)16(13(2)18-20)25(22,23)19-7-9-24-10-8-19/h4-6,11H,7-10H2,1-3H3. The predicted octanol–water partition coefficient (Wildman–Crippen LogP) is 1.52. The van der Waals surface area contributed by atoms with E-state index in [9.17, 15) is 13.2 Å². The minimum absolute atomic E-state index is 0.107. The van der Waals surface area contributed by atoms with Crippen molar-refractivity contribution in [3.8, 4) is 0 Å². The van der Waals surface area contributed by atoms with Crippen LogP contribution in [-0.2, 0) is 14.8 Å². The molecule has 7 nitrogen and oxygen atoms in total. The van der Waals surface area contributed by atoms with Gasteiger partial charge < -0.3 is 4.74 Å². The van der Waals surface area contributed by atoms with Gasteiger partial charge in [-0.25, -0.2) is 8.42 Å². The highest BCUT2D eigenvalue weighted by Gasteiger charge is 2.33. The van der Waals surface area contributed by atoms with Crippen molar-refractivity contribution in [1.82, 2.24) is 14.1 Å². The molecular formula is C17H21N3O4S. The molecule has 0 amide bonds. The fourth-order valence-electron chi connectivity index (χ4n) is 3.02. The summed E-state index contributed by atoms with van der Waals surface area (Å²) in [6.45, 7) is 6.46. The van der Waals surface area contributed by atoms with E-state index in [4.69, 9.17) is 4.74 Å². The molecule has 8 heteroatoms. The molecule has 0 aliphatic carbocycles. The van der Waals surface area contributed by atoms with E-state index >= 15 is 0 Å². The lowest BCUT2D eigenvalue weighted by Gasteiger charge is -2.26. The summed E-state index contributed by atoms with van der Waals surface area (Å²) in [6.07, 6.45) is 0. The van der Waals surface area contributed by atoms with Crippen LogP contribution in [0, 0.1) is 20.8 Å². The molecule has 0 saturated carbocycles. The molecule has 0 N–H and O–H groups in total. The van der Waals surface area contributed by atoms with Gasteiger partial charge in [0.25, 0.3) is 5.91 Å². The maximum Gasteiger partial charge on any atom is 0.278 e. The minimum Gasteiger partial charge on any atom is -0.379 e. The summed E-state index contributed by atoms with van der Waals surface area (Å²) in [6, 6.07) is 7.14. The number of benzene rings is 1. The minimum atomic E-state index is -3.71. The Labute approximate surface area is 147 Å².